The van der Waals surface area contributed by atoms with Crippen LogP contribution < -0.4 is 5.32 Å². The summed E-state index contributed by atoms with van der Waals surface area (Å²) in [5.74, 6) is 0.506. The van der Waals surface area contributed by atoms with Crippen LogP contribution in [-0.4, -0.2) is 57.3 Å². The predicted octanol–water partition coefficient (Wildman–Crippen LogP) is 2.44. The first-order valence-electron chi connectivity index (χ1n) is 9.00. The van der Waals surface area contributed by atoms with Gasteiger partial charge in [-0.15, -0.1) is 5.10 Å². The molecule has 2 rings (SSSR count). The summed E-state index contributed by atoms with van der Waals surface area (Å²) in [6, 6.07) is 0. The largest absolute Gasteiger partial charge is 0.416 e. The molecule has 1 fully saturated rings. The third kappa shape index (κ3) is 6.03. The van der Waals surface area contributed by atoms with Crippen molar-refractivity contribution in [3.05, 3.63) is 0 Å². The summed E-state index contributed by atoms with van der Waals surface area (Å²) >= 11 is 2.75. The number of aromatic nitrogens is 4. The maximum Gasteiger partial charge on any atom is 0.229 e. The summed E-state index contributed by atoms with van der Waals surface area (Å²) in [4.78, 5) is 24.1. The quantitative estimate of drug-likeness (QED) is 0.275. The Morgan fingerprint density at radius 1 is 1.37 bits per heavy atom. The molecule has 0 spiro atoms. The van der Waals surface area contributed by atoms with E-state index in [1.165, 1.54) is 23.5 Å². The molecule has 1 N–H and O–H groups in total. The fourth-order valence-corrected chi connectivity index (χ4v) is 5.01. The van der Waals surface area contributed by atoms with Crippen LogP contribution in [0, 0.1) is 5.92 Å². The number of β-lactam (4-membered cyclic amide) rings is 1. The lowest BCUT2D eigenvalue weighted by Gasteiger charge is -2.41. The molecule has 1 aliphatic heterocycles. The fraction of sp³-hybridized carbons (Fsp3) is 0.812. The van der Waals surface area contributed by atoms with E-state index in [0.717, 1.165) is 17.3 Å². The van der Waals surface area contributed by atoms with E-state index in [1.54, 1.807) is 11.7 Å². The number of carbonyl (C=O) groups excluding carboxylic acids is 2. The third-order valence-corrected chi connectivity index (χ3v) is 11.8. The van der Waals surface area contributed by atoms with Crippen LogP contribution in [0.25, 0.3) is 0 Å². The number of hydrogen-bond donors (Lipinski definition) is 1. The van der Waals surface area contributed by atoms with Crippen LogP contribution in [0.15, 0.2) is 5.16 Å². The van der Waals surface area contributed by atoms with Gasteiger partial charge in [-0.3, -0.25) is 9.59 Å². The zero-order chi connectivity index (χ0) is 20.2. The number of amides is 1. The Bertz CT molecular complexity index is 677. The van der Waals surface area contributed by atoms with Gasteiger partial charge in [0.25, 0.3) is 0 Å². The molecule has 0 saturated carbocycles. The van der Waals surface area contributed by atoms with Gasteiger partial charge in [0.2, 0.25) is 11.1 Å². The highest BCUT2D eigenvalue weighted by Crippen LogP contribution is 2.38. The van der Waals surface area contributed by atoms with E-state index >= 15 is 0 Å². The van der Waals surface area contributed by atoms with Crippen molar-refractivity contribution in [1.29, 1.82) is 0 Å². The molecule has 1 aliphatic rings. The number of nitrogens with zero attached hydrogens (tertiary/aromatic N) is 4. The Kier molecular flexibility index (Phi) is 7.51. The molecular formula is C16H29N5O3S2Si. The highest BCUT2D eigenvalue weighted by molar-refractivity contribution is 8.14. The van der Waals surface area contributed by atoms with Gasteiger partial charge in [-0.2, -0.15) is 0 Å². The van der Waals surface area contributed by atoms with E-state index in [1.807, 2.05) is 0 Å². The molecule has 27 heavy (non-hydrogen) atoms. The van der Waals surface area contributed by atoms with Gasteiger partial charge in [0.05, 0.1) is 11.3 Å². The second-order valence-corrected chi connectivity index (χ2v) is 15.2. The smallest absolute Gasteiger partial charge is 0.229 e. The molecule has 2 atom stereocenters. The van der Waals surface area contributed by atoms with Crippen molar-refractivity contribution in [2.24, 2.45) is 13.0 Å². The fourth-order valence-electron chi connectivity index (χ4n) is 2.10. The lowest BCUT2D eigenvalue weighted by atomic mass is 10.0. The van der Waals surface area contributed by atoms with E-state index in [0.29, 0.717) is 13.0 Å². The van der Waals surface area contributed by atoms with Gasteiger partial charge in [0.15, 0.2) is 13.4 Å². The third-order valence-electron chi connectivity index (χ3n) is 5.01. The first kappa shape index (κ1) is 22.4. The average molecular weight is 432 g/mol. The van der Waals surface area contributed by atoms with Gasteiger partial charge in [-0.05, 0) is 35.0 Å². The van der Waals surface area contributed by atoms with Gasteiger partial charge in [0, 0.05) is 25.8 Å². The topological polar surface area (TPSA) is 99.0 Å². The van der Waals surface area contributed by atoms with Crippen LogP contribution in [-0.2, 0) is 21.1 Å². The van der Waals surface area contributed by atoms with Crippen LogP contribution in [0.2, 0.25) is 18.1 Å². The molecule has 0 aliphatic carbocycles. The van der Waals surface area contributed by atoms with Gasteiger partial charge >= 0.3 is 0 Å². The maximum absolute atomic E-state index is 12.2. The minimum absolute atomic E-state index is 0.0238. The molecule has 0 radical (unpaired) electrons. The molecule has 1 amide bonds. The molecule has 11 heteroatoms. The molecule has 2 heterocycles. The summed E-state index contributed by atoms with van der Waals surface area (Å²) in [5, 5.41) is 14.8. The number of nitrogens with one attached hydrogen (secondary N) is 1. The zero-order valence-electron chi connectivity index (χ0n) is 16.8. The van der Waals surface area contributed by atoms with E-state index in [9.17, 15) is 9.59 Å². The molecule has 1 aromatic rings. The average Bonchev–Trinajstić information content (AvgIpc) is 2.95. The van der Waals surface area contributed by atoms with Crippen molar-refractivity contribution in [3.8, 4) is 0 Å². The maximum atomic E-state index is 12.2. The number of rotatable bonds is 9. The van der Waals surface area contributed by atoms with Crippen molar-refractivity contribution < 1.29 is 14.0 Å². The standard InChI is InChI=1S/C16H29N5O3S2Si/c1-16(2,3)27(5,6)24-10-11-13(23)17-14(11)26-12(22)8-7-9-25-15-18-19-20-21(15)4/h11,14H,7-10H2,1-6H3,(H,17,23)/t11-,14+/m0/s1. The van der Waals surface area contributed by atoms with E-state index in [2.05, 4.69) is 54.7 Å². The van der Waals surface area contributed by atoms with E-state index < -0.39 is 8.32 Å². The molecule has 1 aromatic heterocycles. The van der Waals surface area contributed by atoms with E-state index in [4.69, 9.17) is 4.43 Å². The molecular weight excluding hydrogens is 402 g/mol. The van der Waals surface area contributed by atoms with Crippen LogP contribution >= 0.6 is 23.5 Å². The van der Waals surface area contributed by atoms with Gasteiger partial charge in [-0.1, -0.05) is 44.3 Å². The van der Waals surface area contributed by atoms with Crippen LogP contribution in [0.4, 0.5) is 0 Å². The minimum atomic E-state index is -1.90. The minimum Gasteiger partial charge on any atom is -0.416 e. The number of tetrazole rings is 1. The number of thioether (sulfide) groups is 2. The van der Waals surface area contributed by atoms with Gasteiger partial charge < -0.3 is 9.74 Å². The van der Waals surface area contributed by atoms with E-state index in [-0.39, 0.29) is 27.4 Å². The first-order valence-corrected chi connectivity index (χ1v) is 13.8. The molecule has 1 saturated heterocycles. The summed E-state index contributed by atoms with van der Waals surface area (Å²) in [6.07, 6.45) is 1.21. The zero-order valence-corrected chi connectivity index (χ0v) is 19.4. The Balaban J connectivity index is 1.70. The van der Waals surface area contributed by atoms with Crippen LogP contribution in [0.5, 0.6) is 0 Å². The molecule has 8 nitrogen and oxygen atoms in total. The summed E-state index contributed by atoms with van der Waals surface area (Å²) in [7, 11) is -0.115. The lowest BCUT2D eigenvalue weighted by molar-refractivity contribution is -0.133. The first-order chi connectivity index (χ1) is 12.5. The highest BCUT2D eigenvalue weighted by Gasteiger charge is 2.44. The SMILES string of the molecule is Cn1nnnc1SCCCC(=O)S[C@H]1NC(=O)[C@@H]1CO[Si](C)(C)C(C)(C)C. The number of aryl methyl sites for hydroxylation is 1. The van der Waals surface area contributed by atoms with Crippen LogP contribution in [0.1, 0.15) is 33.6 Å². The second kappa shape index (κ2) is 9.06. The van der Waals surface area contributed by atoms with Crippen molar-refractivity contribution in [1.82, 2.24) is 25.5 Å². The molecule has 0 unspecified atom stereocenters. The van der Waals surface area contributed by atoms with Crippen molar-refractivity contribution in [2.75, 3.05) is 12.4 Å². The number of carbonyl (C=O) groups is 2. The van der Waals surface area contributed by atoms with Crippen molar-refractivity contribution in [3.63, 3.8) is 0 Å². The van der Waals surface area contributed by atoms with Gasteiger partial charge in [-0.25, -0.2) is 4.68 Å². The summed E-state index contributed by atoms with van der Waals surface area (Å²) < 4.78 is 7.77. The van der Waals surface area contributed by atoms with Crippen molar-refractivity contribution >= 4 is 42.9 Å². The van der Waals surface area contributed by atoms with Crippen molar-refractivity contribution in [2.45, 2.75) is 62.3 Å². The van der Waals surface area contributed by atoms with Crippen LogP contribution in [0.3, 0.4) is 0 Å². The highest BCUT2D eigenvalue weighted by atomic mass is 32.2. The lowest BCUT2D eigenvalue weighted by Crippen LogP contribution is -2.59. The Labute approximate surface area is 170 Å². The predicted molar refractivity (Wildman–Crippen MR) is 110 cm³/mol. The molecule has 0 bridgehead atoms. The summed E-state index contributed by atoms with van der Waals surface area (Å²) in [6.45, 7) is 11.2. The molecule has 152 valence electrons. The Morgan fingerprint density at radius 3 is 2.63 bits per heavy atom. The monoisotopic (exact) mass is 431 g/mol. The van der Waals surface area contributed by atoms with Gasteiger partial charge in [0.1, 0.15) is 0 Å². The summed E-state index contributed by atoms with van der Waals surface area (Å²) in [5.41, 5.74) is 0. The second-order valence-electron chi connectivity index (χ2n) is 8.13. The Morgan fingerprint density at radius 2 is 2.07 bits per heavy atom. The Hall–Kier alpha value is -0.913. The number of hydrogen-bond acceptors (Lipinski definition) is 8. The molecule has 0 aromatic carbocycles. The normalized spacial score (nSPS) is 20.3.